The fourth-order valence-corrected chi connectivity index (χ4v) is 3.71. The molecule has 0 unspecified atom stereocenters. The van der Waals surface area contributed by atoms with Crippen LogP contribution < -0.4 is 5.32 Å². The zero-order valence-corrected chi connectivity index (χ0v) is 11.1. The lowest BCUT2D eigenvalue weighted by Gasteiger charge is -2.32. The Hall–Kier alpha value is -1.58. The monoisotopic (exact) mass is 286 g/mol. The van der Waals surface area contributed by atoms with Crippen LogP contribution in [0.4, 0.5) is 5.69 Å². The van der Waals surface area contributed by atoms with Crippen molar-refractivity contribution in [1.29, 1.82) is 0 Å². The van der Waals surface area contributed by atoms with Gasteiger partial charge >= 0.3 is 5.69 Å². The highest BCUT2D eigenvalue weighted by Gasteiger charge is 2.36. The van der Waals surface area contributed by atoms with Crippen molar-refractivity contribution in [2.24, 2.45) is 0 Å². The summed E-state index contributed by atoms with van der Waals surface area (Å²) in [6.45, 7) is 3.06. The highest BCUT2D eigenvalue weighted by molar-refractivity contribution is 7.89. The average molecular weight is 286 g/mol. The first-order valence-electron chi connectivity index (χ1n) is 5.76. The summed E-state index contributed by atoms with van der Waals surface area (Å²) in [6, 6.07) is 2.23. The molecule has 0 aromatic carbocycles. The van der Waals surface area contributed by atoms with Crippen molar-refractivity contribution in [1.82, 2.24) is 14.6 Å². The van der Waals surface area contributed by atoms with Gasteiger partial charge in [-0.2, -0.15) is 4.31 Å². The number of hydrogen-bond donors (Lipinski definition) is 1. The smallest absolute Gasteiger partial charge is 0.308 e. The number of aromatic nitrogens is 1. The molecule has 0 radical (unpaired) electrons. The molecule has 0 bridgehead atoms. The van der Waals surface area contributed by atoms with Crippen molar-refractivity contribution in [3.8, 4) is 0 Å². The van der Waals surface area contributed by atoms with E-state index in [-0.39, 0.29) is 12.6 Å². The molecule has 104 valence electrons. The SMILES string of the molecule is C[C@@H]1CNCCN1S(=O)(=O)c1ncccc1[N+](=O)[O-]. The Morgan fingerprint density at radius 1 is 1.58 bits per heavy atom. The number of hydrogen-bond acceptors (Lipinski definition) is 6. The Morgan fingerprint density at radius 2 is 2.32 bits per heavy atom. The van der Waals surface area contributed by atoms with E-state index in [2.05, 4.69) is 10.3 Å². The molecule has 0 spiro atoms. The molecule has 9 heteroatoms. The van der Waals surface area contributed by atoms with E-state index in [9.17, 15) is 18.5 Å². The second kappa shape index (κ2) is 5.19. The largest absolute Gasteiger partial charge is 0.314 e. The second-order valence-corrected chi connectivity index (χ2v) is 6.06. The van der Waals surface area contributed by atoms with E-state index in [1.165, 1.54) is 16.6 Å². The maximum absolute atomic E-state index is 12.5. The first-order chi connectivity index (χ1) is 8.94. The summed E-state index contributed by atoms with van der Waals surface area (Å²) in [4.78, 5) is 13.9. The van der Waals surface area contributed by atoms with Crippen LogP contribution in [-0.4, -0.2) is 48.3 Å². The highest BCUT2D eigenvalue weighted by atomic mass is 32.2. The highest BCUT2D eigenvalue weighted by Crippen LogP contribution is 2.25. The van der Waals surface area contributed by atoms with Crippen molar-refractivity contribution in [2.75, 3.05) is 19.6 Å². The minimum atomic E-state index is -3.95. The zero-order valence-electron chi connectivity index (χ0n) is 10.3. The first kappa shape index (κ1) is 13.8. The molecule has 1 aliphatic heterocycles. The van der Waals surface area contributed by atoms with Crippen LogP contribution in [0.3, 0.4) is 0 Å². The van der Waals surface area contributed by atoms with E-state index in [1.807, 2.05) is 0 Å². The van der Waals surface area contributed by atoms with Crippen LogP contribution in [0.1, 0.15) is 6.92 Å². The standard InChI is InChI=1S/C10H14N4O4S/c1-8-7-11-5-6-13(8)19(17,18)10-9(14(15)16)3-2-4-12-10/h2-4,8,11H,5-7H2,1H3/t8-/m1/s1. The molecule has 2 rings (SSSR count). The lowest BCUT2D eigenvalue weighted by molar-refractivity contribution is -0.388. The lowest BCUT2D eigenvalue weighted by atomic mass is 10.3. The van der Waals surface area contributed by atoms with Gasteiger partial charge in [0.25, 0.3) is 10.0 Å². The first-order valence-corrected chi connectivity index (χ1v) is 7.20. The average Bonchev–Trinajstić information content (AvgIpc) is 2.39. The van der Waals surface area contributed by atoms with E-state index in [4.69, 9.17) is 0 Å². The maximum Gasteiger partial charge on any atom is 0.308 e. The van der Waals surface area contributed by atoms with Crippen molar-refractivity contribution in [3.05, 3.63) is 28.4 Å². The van der Waals surface area contributed by atoms with Crippen LogP contribution in [0.15, 0.2) is 23.4 Å². The van der Waals surface area contributed by atoms with Gasteiger partial charge in [-0.1, -0.05) is 0 Å². The van der Waals surface area contributed by atoms with Crippen LogP contribution >= 0.6 is 0 Å². The van der Waals surface area contributed by atoms with E-state index in [1.54, 1.807) is 6.92 Å². The van der Waals surface area contributed by atoms with Gasteiger partial charge < -0.3 is 5.32 Å². The predicted molar refractivity (Wildman–Crippen MR) is 67.1 cm³/mol. The number of rotatable bonds is 3. The number of nitrogens with one attached hydrogen (secondary N) is 1. The summed E-state index contributed by atoms with van der Waals surface area (Å²) < 4.78 is 26.2. The van der Waals surface area contributed by atoms with Gasteiger partial charge in [0.1, 0.15) is 0 Å². The third-order valence-electron chi connectivity index (χ3n) is 2.94. The number of sulfonamides is 1. The van der Waals surface area contributed by atoms with Crippen molar-refractivity contribution in [3.63, 3.8) is 0 Å². The van der Waals surface area contributed by atoms with Gasteiger partial charge in [0, 0.05) is 37.9 Å². The Bertz CT molecular complexity index is 589. The molecule has 19 heavy (non-hydrogen) atoms. The Kier molecular flexibility index (Phi) is 3.78. The van der Waals surface area contributed by atoms with Gasteiger partial charge in [-0.05, 0) is 13.0 Å². The van der Waals surface area contributed by atoms with Gasteiger partial charge in [-0.15, -0.1) is 0 Å². The van der Waals surface area contributed by atoms with Gasteiger partial charge in [0.15, 0.2) is 0 Å². The fourth-order valence-electron chi connectivity index (χ4n) is 2.01. The van der Waals surface area contributed by atoms with Crippen LogP contribution in [0, 0.1) is 10.1 Å². The molecule has 1 N–H and O–H groups in total. The summed E-state index contributed by atoms with van der Waals surface area (Å²) in [5, 5.41) is 13.5. The topological polar surface area (TPSA) is 105 Å². The predicted octanol–water partition coefficient (Wildman–Crippen LogP) is -0.0278. The summed E-state index contributed by atoms with van der Waals surface area (Å²) in [7, 11) is -3.95. The Morgan fingerprint density at radius 3 is 2.95 bits per heavy atom. The number of nitro groups is 1. The van der Waals surface area contributed by atoms with Gasteiger partial charge in [0.2, 0.25) is 5.03 Å². The van der Waals surface area contributed by atoms with Crippen LogP contribution in [-0.2, 0) is 10.0 Å². The molecule has 1 fully saturated rings. The Labute approximate surface area is 110 Å². The van der Waals surface area contributed by atoms with Gasteiger partial charge in [-0.3, -0.25) is 10.1 Å². The number of pyridine rings is 1. The minimum absolute atomic E-state index is 0.264. The van der Waals surface area contributed by atoms with Crippen LogP contribution in [0.2, 0.25) is 0 Å². The maximum atomic E-state index is 12.5. The summed E-state index contributed by atoms with van der Waals surface area (Å²) >= 11 is 0. The molecule has 1 aromatic rings. The second-order valence-electron chi connectivity index (χ2n) is 4.25. The fraction of sp³-hybridized carbons (Fsp3) is 0.500. The summed E-state index contributed by atoms with van der Waals surface area (Å²) in [6.07, 6.45) is 1.24. The quantitative estimate of drug-likeness (QED) is 0.618. The molecule has 0 saturated carbocycles. The van der Waals surface area contributed by atoms with Crippen molar-refractivity contribution < 1.29 is 13.3 Å². The Balaban J connectivity index is 2.47. The van der Waals surface area contributed by atoms with Gasteiger partial charge in [0.05, 0.1) is 4.92 Å². The summed E-state index contributed by atoms with van der Waals surface area (Å²) in [5.41, 5.74) is -0.492. The molecule has 0 amide bonds. The zero-order chi connectivity index (χ0) is 14.0. The van der Waals surface area contributed by atoms with Crippen molar-refractivity contribution >= 4 is 15.7 Å². The van der Waals surface area contributed by atoms with Crippen LogP contribution in [0.25, 0.3) is 0 Å². The third-order valence-corrected chi connectivity index (χ3v) is 4.90. The number of nitrogens with zero attached hydrogens (tertiary/aromatic N) is 3. The van der Waals surface area contributed by atoms with E-state index in [0.717, 1.165) is 6.07 Å². The van der Waals surface area contributed by atoms with Crippen molar-refractivity contribution in [2.45, 2.75) is 18.0 Å². The molecule has 1 aliphatic rings. The molecular formula is C10H14N4O4S. The van der Waals surface area contributed by atoms with Gasteiger partial charge in [-0.25, -0.2) is 13.4 Å². The molecule has 1 atom stereocenters. The lowest BCUT2D eigenvalue weighted by Crippen LogP contribution is -2.52. The van der Waals surface area contributed by atoms with Crippen LogP contribution in [0.5, 0.6) is 0 Å². The molecule has 8 nitrogen and oxygen atoms in total. The molecule has 1 saturated heterocycles. The summed E-state index contributed by atoms with van der Waals surface area (Å²) in [5.74, 6) is 0. The molecule has 0 aliphatic carbocycles. The van der Waals surface area contributed by atoms with E-state index < -0.39 is 25.7 Å². The van der Waals surface area contributed by atoms with E-state index in [0.29, 0.717) is 13.1 Å². The molecule has 1 aromatic heterocycles. The molecular weight excluding hydrogens is 272 g/mol. The van der Waals surface area contributed by atoms with E-state index >= 15 is 0 Å². The molecule has 2 heterocycles. The normalized spacial score (nSPS) is 21.2. The third kappa shape index (κ3) is 2.57. The number of piperazine rings is 1. The minimum Gasteiger partial charge on any atom is -0.314 e.